The minimum Gasteiger partial charge on any atom is -0.490 e. The van der Waals surface area contributed by atoms with Crippen LogP contribution in [0.25, 0.3) is 0 Å². The van der Waals surface area contributed by atoms with Gasteiger partial charge in [-0.1, -0.05) is 32.1 Å². The van der Waals surface area contributed by atoms with Crippen molar-refractivity contribution in [2.24, 2.45) is 11.8 Å². The molecule has 1 N–H and O–H groups in total. The van der Waals surface area contributed by atoms with Gasteiger partial charge in [0.25, 0.3) is 0 Å². The Morgan fingerprint density at radius 1 is 1.41 bits per heavy atom. The number of carboxylic acids is 1. The van der Waals surface area contributed by atoms with Gasteiger partial charge in [-0.25, -0.2) is 4.79 Å². The van der Waals surface area contributed by atoms with Gasteiger partial charge in [0.05, 0.1) is 7.11 Å². The summed E-state index contributed by atoms with van der Waals surface area (Å²) in [7, 11) is 1.39. The smallest absolute Gasteiger partial charge is 0.371 e. The van der Waals surface area contributed by atoms with Crippen molar-refractivity contribution in [3.8, 4) is 0 Å². The highest BCUT2D eigenvalue weighted by molar-refractivity contribution is 5.85. The Labute approximate surface area is 102 Å². The van der Waals surface area contributed by atoms with Crippen LogP contribution >= 0.6 is 0 Å². The quantitative estimate of drug-likeness (QED) is 0.602. The van der Waals surface area contributed by atoms with Crippen molar-refractivity contribution >= 4 is 5.97 Å². The van der Waals surface area contributed by atoms with Crippen molar-refractivity contribution in [1.82, 2.24) is 0 Å². The highest BCUT2D eigenvalue weighted by Gasteiger charge is 2.15. The summed E-state index contributed by atoms with van der Waals surface area (Å²) in [6.07, 6.45) is 7.07. The zero-order chi connectivity index (χ0) is 13.0. The summed E-state index contributed by atoms with van der Waals surface area (Å²) in [5.74, 6) is 0.0837. The molecule has 0 aromatic heterocycles. The lowest BCUT2D eigenvalue weighted by atomic mass is 9.87. The number of rotatable bonds is 4. The van der Waals surface area contributed by atoms with E-state index >= 15 is 0 Å². The molecule has 94 valence electrons. The summed E-state index contributed by atoms with van der Waals surface area (Å²) in [5, 5.41) is 8.95. The maximum absolute atomic E-state index is 10.9. The van der Waals surface area contributed by atoms with Crippen LogP contribution in [-0.4, -0.2) is 18.2 Å². The molecule has 1 unspecified atom stereocenters. The van der Waals surface area contributed by atoms with Gasteiger partial charge in [-0.05, 0) is 36.3 Å². The number of carboxylic acid groups (broad SMARTS) is 1. The Morgan fingerprint density at radius 3 is 2.53 bits per heavy atom. The van der Waals surface area contributed by atoms with E-state index in [1.54, 1.807) is 6.92 Å². The second-order valence-corrected chi connectivity index (χ2v) is 4.61. The van der Waals surface area contributed by atoms with Crippen LogP contribution < -0.4 is 0 Å². The van der Waals surface area contributed by atoms with E-state index in [1.165, 1.54) is 7.11 Å². The molecule has 3 heteroatoms. The number of allylic oxidation sites excluding steroid dienone is 5. The van der Waals surface area contributed by atoms with E-state index in [4.69, 9.17) is 9.84 Å². The predicted octanol–water partition coefficient (Wildman–Crippen LogP) is 3.15. The molecule has 0 saturated heterocycles. The van der Waals surface area contributed by atoms with Crippen LogP contribution in [0.5, 0.6) is 0 Å². The van der Waals surface area contributed by atoms with E-state index < -0.39 is 5.97 Å². The number of ether oxygens (including phenoxy) is 1. The second kappa shape index (κ2) is 5.71. The monoisotopic (exact) mass is 236 g/mol. The van der Waals surface area contributed by atoms with E-state index in [1.807, 2.05) is 0 Å². The summed E-state index contributed by atoms with van der Waals surface area (Å²) in [4.78, 5) is 10.9. The maximum Gasteiger partial charge on any atom is 0.371 e. The van der Waals surface area contributed by atoms with Gasteiger partial charge >= 0.3 is 5.97 Å². The number of carbonyl (C=O) groups is 1. The van der Waals surface area contributed by atoms with Gasteiger partial charge < -0.3 is 9.84 Å². The molecule has 0 aliphatic heterocycles. The standard InChI is InChI=1S/C14H20O3/c1-9-5-6-12(7-10(9)2)8-11(3)13(17-4)14(15)16/h5-7,9-10H,8H2,1-4H3,(H,15,16)/b13-11+/t9?,10-/m1/s1. The highest BCUT2D eigenvalue weighted by atomic mass is 16.5. The van der Waals surface area contributed by atoms with E-state index in [0.717, 1.165) is 11.1 Å². The molecule has 0 radical (unpaired) electrons. The SMILES string of the molecule is CO/C(C(=O)O)=C(\C)CC1=C[C@@H](C)C(C)C=C1. The van der Waals surface area contributed by atoms with Crippen molar-refractivity contribution in [3.63, 3.8) is 0 Å². The lowest BCUT2D eigenvalue weighted by molar-refractivity contribution is -0.136. The average molecular weight is 236 g/mol. The van der Waals surface area contributed by atoms with Crippen molar-refractivity contribution < 1.29 is 14.6 Å². The summed E-state index contributed by atoms with van der Waals surface area (Å²) >= 11 is 0. The van der Waals surface area contributed by atoms with Gasteiger partial charge in [0.2, 0.25) is 5.76 Å². The molecule has 0 heterocycles. The summed E-state index contributed by atoms with van der Waals surface area (Å²) in [6, 6.07) is 0. The predicted molar refractivity (Wildman–Crippen MR) is 67.5 cm³/mol. The third kappa shape index (κ3) is 3.48. The third-order valence-electron chi connectivity index (χ3n) is 3.18. The van der Waals surface area contributed by atoms with Gasteiger partial charge in [-0.3, -0.25) is 0 Å². The summed E-state index contributed by atoms with van der Waals surface area (Å²) < 4.78 is 4.89. The molecule has 1 aliphatic rings. The maximum atomic E-state index is 10.9. The fourth-order valence-corrected chi connectivity index (χ4v) is 1.94. The van der Waals surface area contributed by atoms with Crippen LogP contribution in [0.3, 0.4) is 0 Å². The number of aliphatic carboxylic acids is 1. The Hall–Kier alpha value is -1.51. The van der Waals surface area contributed by atoms with Gasteiger partial charge in [0.1, 0.15) is 0 Å². The van der Waals surface area contributed by atoms with Crippen molar-refractivity contribution in [3.05, 3.63) is 35.1 Å². The van der Waals surface area contributed by atoms with Crippen LogP contribution in [0.2, 0.25) is 0 Å². The first-order valence-electron chi connectivity index (χ1n) is 5.81. The Morgan fingerprint density at radius 2 is 2.06 bits per heavy atom. The van der Waals surface area contributed by atoms with Crippen molar-refractivity contribution in [2.75, 3.05) is 7.11 Å². The third-order valence-corrected chi connectivity index (χ3v) is 3.18. The number of hydrogen-bond acceptors (Lipinski definition) is 2. The Balaban J connectivity index is 2.83. The molecule has 0 amide bonds. The van der Waals surface area contributed by atoms with E-state index in [2.05, 4.69) is 32.1 Å². The zero-order valence-corrected chi connectivity index (χ0v) is 10.9. The Bertz CT molecular complexity index is 388. The average Bonchev–Trinajstić information content (AvgIpc) is 2.24. The highest BCUT2D eigenvalue weighted by Crippen LogP contribution is 2.26. The largest absolute Gasteiger partial charge is 0.490 e. The molecular weight excluding hydrogens is 216 g/mol. The molecule has 0 fully saturated rings. The van der Waals surface area contributed by atoms with E-state index in [0.29, 0.717) is 18.3 Å². The topological polar surface area (TPSA) is 46.5 Å². The summed E-state index contributed by atoms with van der Waals surface area (Å²) in [6.45, 7) is 6.14. The van der Waals surface area contributed by atoms with Crippen molar-refractivity contribution in [1.29, 1.82) is 0 Å². The van der Waals surface area contributed by atoms with Gasteiger partial charge in [0, 0.05) is 0 Å². The fourth-order valence-electron chi connectivity index (χ4n) is 1.94. The minimum atomic E-state index is -1.01. The number of hydrogen-bond donors (Lipinski definition) is 1. The molecule has 17 heavy (non-hydrogen) atoms. The summed E-state index contributed by atoms with van der Waals surface area (Å²) in [5.41, 5.74) is 1.90. The fraction of sp³-hybridized carbons (Fsp3) is 0.500. The first kappa shape index (κ1) is 13.6. The zero-order valence-electron chi connectivity index (χ0n) is 10.9. The minimum absolute atomic E-state index is 0.0468. The molecule has 3 nitrogen and oxygen atoms in total. The van der Waals surface area contributed by atoms with Crippen LogP contribution in [0, 0.1) is 11.8 Å². The molecule has 0 bridgehead atoms. The van der Waals surface area contributed by atoms with Crippen LogP contribution in [-0.2, 0) is 9.53 Å². The Kier molecular flexibility index (Phi) is 4.55. The first-order valence-corrected chi connectivity index (χ1v) is 5.81. The number of methoxy groups -OCH3 is 1. The van der Waals surface area contributed by atoms with Gasteiger partial charge in [0.15, 0.2) is 0 Å². The van der Waals surface area contributed by atoms with Gasteiger partial charge in [-0.2, -0.15) is 0 Å². The van der Waals surface area contributed by atoms with Crippen LogP contribution in [0.15, 0.2) is 35.1 Å². The normalized spacial score (nSPS) is 25.1. The molecule has 0 aromatic rings. The molecule has 1 rings (SSSR count). The van der Waals surface area contributed by atoms with Gasteiger partial charge in [-0.15, -0.1) is 0 Å². The lowest BCUT2D eigenvalue weighted by Gasteiger charge is -2.19. The molecule has 0 spiro atoms. The van der Waals surface area contributed by atoms with E-state index in [-0.39, 0.29) is 5.76 Å². The molecule has 0 aromatic carbocycles. The van der Waals surface area contributed by atoms with Crippen molar-refractivity contribution in [2.45, 2.75) is 27.2 Å². The lowest BCUT2D eigenvalue weighted by Crippen LogP contribution is -2.09. The second-order valence-electron chi connectivity index (χ2n) is 4.61. The molecule has 1 aliphatic carbocycles. The first-order chi connectivity index (χ1) is 7.95. The molecule has 0 saturated carbocycles. The molecule has 2 atom stereocenters. The van der Waals surface area contributed by atoms with Crippen LogP contribution in [0.4, 0.5) is 0 Å². The van der Waals surface area contributed by atoms with E-state index in [9.17, 15) is 4.79 Å². The van der Waals surface area contributed by atoms with Crippen LogP contribution in [0.1, 0.15) is 27.2 Å². The molecular formula is C14H20O3.